The minimum absolute atomic E-state index is 0.00723. The molecule has 1 unspecified atom stereocenters. The fourth-order valence-electron chi connectivity index (χ4n) is 5.11. The molecule has 0 aromatic heterocycles. The summed E-state index contributed by atoms with van der Waals surface area (Å²) >= 11 is 0. The molecule has 1 N–H and O–H groups in total. The van der Waals surface area contributed by atoms with Crippen LogP contribution in [0.15, 0.2) is 0 Å². The molecule has 0 radical (unpaired) electrons. The molecule has 4 aliphatic rings. The van der Waals surface area contributed by atoms with Gasteiger partial charge in [-0.1, -0.05) is 19.3 Å². The van der Waals surface area contributed by atoms with Crippen molar-refractivity contribution in [1.29, 1.82) is 0 Å². The zero-order chi connectivity index (χ0) is 16.7. The van der Waals surface area contributed by atoms with Crippen LogP contribution < -0.4 is 5.32 Å². The lowest BCUT2D eigenvalue weighted by molar-refractivity contribution is -0.143. The average Bonchev–Trinajstić information content (AvgIpc) is 3.00. The van der Waals surface area contributed by atoms with Crippen molar-refractivity contribution >= 4 is 17.7 Å². The Bertz CT molecular complexity index is 522. The molecule has 6 nitrogen and oxygen atoms in total. The zero-order valence-corrected chi connectivity index (χ0v) is 14.3. The lowest BCUT2D eigenvalue weighted by Gasteiger charge is -2.40. The minimum Gasteiger partial charge on any atom is -0.345 e. The molecule has 6 heteroatoms. The van der Waals surface area contributed by atoms with Gasteiger partial charge in [-0.25, -0.2) is 0 Å². The van der Waals surface area contributed by atoms with Crippen molar-refractivity contribution in [3.05, 3.63) is 0 Å². The quantitative estimate of drug-likeness (QED) is 0.775. The van der Waals surface area contributed by atoms with E-state index in [1.807, 2.05) is 4.90 Å². The van der Waals surface area contributed by atoms with Crippen molar-refractivity contribution in [1.82, 2.24) is 15.1 Å². The first-order valence-electron chi connectivity index (χ1n) is 9.44. The van der Waals surface area contributed by atoms with E-state index >= 15 is 0 Å². The molecule has 3 amide bonds. The van der Waals surface area contributed by atoms with Gasteiger partial charge in [-0.2, -0.15) is 0 Å². The Balaban J connectivity index is 1.38. The van der Waals surface area contributed by atoms with Crippen molar-refractivity contribution in [3.63, 3.8) is 0 Å². The minimum atomic E-state index is -0.285. The lowest BCUT2D eigenvalue weighted by atomic mass is 9.76. The van der Waals surface area contributed by atoms with E-state index in [2.05, 4.69) is 5.32 Å². The number of rotatable bonds is 1. The molecule has 3 aliphatic heterocycles. The monoisotopic (exact) mass is 333 g/mol. The molecule has 3 saturated heterocycles. The third kappa shape index (κ3) is 2.70. The molecule has 3 heterocycles. The van der Waals surface area contributed by atoms with Gasteiger partial charge in [0.2, 0.25) is 17.7 Å². The van der Waals surface area contributed by atoms with Crippen LogP contribution in [0.5, 0.6) is 0 Å². The third-order valence-corrected chi connectivity index (χ3v) is 6.64. The maximum atomic E-state index is 12.7. The van der Waals surface area contributed by atoms with Crippen LogP contribution in [0.4, 0.5) is 0 Å². The topological polar surface area (TPSA) is 69.7 Å². The van der Waals surface area contributed by atoms with Crippen molar-refractivity contribution in [3.8, 4) is 0 Å². The highest BCUT2D eigenvalue weighted by Crippen LogP contribution is 2.44. The van der Waals surface area contributed by atoms with E-state index in [1.54, 1.807) is 4.90 Å². The smallest absolute Gasteiger partial charge is 0.243 e. The first-order chi connectivity index (χ1) is 11.6. The largest absolute Gasteiger partial charge is 0.345 e. The molecule has 0 bridgehead atoms. The molecule has 0 aromatic carbocycles. The van der Waals surface area contributed by atoms with Gasteiger partial charge in [-0.05, 0) is 37.5 Å². The maximum absolute atomic E-state index is 12.7. The molecule has 4 rings (SSSR count). The zero-order valence-electron chi connectivity index (χ0n) is 14.3. The summed E-state index contributed by atoms with van der Waals surface area (Å²) in [4.78, 5) is 40.7. The number of piperazine rings is 1. The predicted octanol–water partition coefficient (Wildman–Crippen LogP) is 0.906. The number of nitrogens with zero attached hydrogens (tertiary/aromatic N) is 2. The second kappa shape index (κ2) is 6.05. The SMILES string of the molecule is O=C1NCC(=O)N2CC3(CCN(C(=O)C4CCCCC4)CC3)CC12. The number of carbonyl (C=O) groups is 3. The van der Waals surface area contributed by atoms with Gasteiger partial charge >= 0.3 is 0 Å². The Kier molecular flexibility index (Phi) is 4.01. The van der Waals surface area contributed by atoms with Gasteiger partial charge < -0.3 is 15.1 Å². The highest BCUT2D eigenvalue weighted by atomic mass is 16.2. The van der Waals surface area contributed by atoms with Crippen LogP contribution in [0.1, 0.15) is 51.4 Å². The number of carbonyl (C=O) groups excluding carboxylic acids is 3. The van der Waals surface area contributed by atoms with E-state index in [0.29, 0.717) is 12.5 Å². The van der Waals surface area contributed by atoms with Gasteiger partial charge in [0.05, 0.1) is 6.54 Å². The molecule has 24 heavy (non-hydrogen) atoms. The molecule has 0 aromatic rings. The molecule has 1 atom stereocenters. The highest BCUT2D eigenvalue weighted by Gasteiger charge is 2.51. The molecule has 132 valence electrons. The number of nitrogens with one attached hydrogen (secondary N) is 1. The molecular formula is C18H27N3O3. The normalized spacial score (nSPS) is 30.4. The lowest BCUT2D eigenvalue weighted by Crippen LogP contribution is -2.55. The summed E-state index contributed by atoms with van der Waals surface area (Å²) in [5, 5.41) is 2.70. The Morgan fingerprint density at radius 1 is 1.08 bits per heavy atom. The molecule has 1 spiro atoms. The van der Waals surface area contributed by atoms with Crippen LogP contribution in [0.25, 0.3) is 0 Å². The van der Waals surface area contributed by atoms with Crippen LogP contribution >= 0.6 is 0 Å². The van der Waals surface area contributed by atoms with Crippen molar-refractivity contribution < 1.29 is 14.4 Å². The summed E-state index contributed by atoms with van der Waals surface area (Å²) in [6, 6.07) is -0.285. The van der Waals surface area contributed by atoms with E-state index in [4.69, 9.17) is 0 Å². The summed E-state index contributed by atoms with van der Waals surface area (Å²) in [6.07, 6.45) is 8.31. The molecule has 1 aliphatic carbocycles. The summed E-state index contributed by atoms with van der Waals surface area (Å²) in [6.45, 7) is 2.39. The number of hydrogen-bond donors (Lipinski definition) is 1. The van der Waals surface area contributed by atoms with Crippen LogP contribution in [0.2, 0.25) is 0 Å². The van der Waals surface area contributed by atoms with Crippen LogP contribution in [0, 0.1) is 11.3 Å². The second-order valence-corrected chi connectivity index (χ2v) is 8.12. The van der Waals surface area contributed by atoms with Crippen LogP contribution in [-0.2, 0) is 14.4 Å². The van der Waals surface area contributed by atoms with E-state index in [9.17, 15) is 14.4 Å². The molecule has 4 fully saturated rings. The first kappa shape index (κ1) is 15.9. The number of likely N-dealkylation sites (tertiary alicyclic amines) is 1. The third-order valence-electron chi connectivity index (χ3n) is 6.64. The Morgan fingerprint density at radius 3 is 2.46 bits per heavy atom. The van der Waals surface area contributed by atoms with Gasteiger partial charge in [0.1, 0.15) is 6.04 Å². The number of fused-ring (bicyclic) bond motifs is 1. The van der Waals surface area contributed by atoms with Crippen molar-refractivity contribution in [2.75, 3.05) is 26.2 Å². The Hall–Kier alpha value is -1.59. The van der Waals surface area contributed by atoms with Crippen LogP contribution in [0.3, 0.4) is 0 Å². The molecular weight excluding hydrogens is 306 g/mol. The number of hydrogen-bond acceptors (Lipinski definition) is 3. The average molecular weight is 333 g/mol. The van der Waals surface area contributed by atoms with E-state index < -0.39 is 0 Å². The van der Waals surface area contributed by atoms with Gasteiger partial charge in [-0.3, -0.25) is 14.4 Å². The fraction of sp³-hybridized carbons (Fsp3) is 0.833. The first-order valence-corrected chi connectivity index (χ1v) is 9.44. The van der Waals surface area contributed by atoms with E-state index in [-0.39, 0.29) is 35.7 Å². The number of amides is 3. The fourth-order valence-corrected chi connectivity index (χ4v) is 5.11. The van der Waals surface area contributed by atoms with Crippen molar-refractivity contribution in [2.45, 2.75) is 57.4 Å². The highest BCUT2D eigenvalue weighted by molar-refractivity contribution is 5.95. The summed E-state index contributed by atoms with van der Waals surface area (Å²) in [5.74, 6) is 0.605. The predicted molar refractivity (Wildman–Crippen MR) is 87.9 cm³/mol. The van der Waals surface area contributed by atoms with Gasteiger partial charge in [0.15, 0.2) is 0 Å². The summed E-state index contributed by atoms with van der Waals surface area (Å²) in [7, 11) is 0. The number of piperidine rings is 1. The maximum Gasteiger partial charge on any atom is 0.243 e. The summed E-state index contributed by atoms with van der Waals surface area (Å²) < 4.78 is 0. The second-order valence-electron chi connectivity index (χ2n) is 8.12. The van der Waals surface area contributed by atoms with Crippen molar-refractivity contribution in [2.24, 2.45) is 11.3 Å². The van der Waals surface area contributed by atoms with Gasteiger partial charge in [-0.15, -0.1) is 0 Å². The Morgan fingerprint density at radius 2 is 1.79 bits per heavy atom. The molecule has 1 saturated carbocycles. The van der Waals surface area contributed by atoms with Crippen LogP contribution in [-0.4, -0.2) is 59.7 Å². The Labute approximate surface area is 142 Å². The standard InChI is InChI=1S/C18H27N3O3/c22-15-11-19-16(23)14-10-18(12-21(14)15)6-8-20(9-7-18)17(24)13-4-2-1-3-5-13/h13-14H,1-12H2,(H,19,23). The van der Waals surface area contributed by atoms with Gasteiger partial charge in [0, 0.05) is 25.6 Å². The van der Waals surface area contributed by atoms with E-state index in [1.165, 1.54) is 19.3 Å². The van der Waals surface area contributed by atoms with Gasteiger partial charge in [0.25, 0.3) is 0 Å². The summed E-state index contributed by atoms with van der Waals surface area (Å²) in [5.41, 5.74) is 0.0331. The van der Waals surface area contributed by atoms with E-state index in [0.717, 1.165) is 45.2 Å².